The zero-order valence-corrected chi connectivity index (χ0v) is 13.0. The number of likely N-dealkylation sites (tertiary alicyclic amines) is 1. The van der Waals surface area contributed by atoms with Crippen LogP contribution in [0.4, 0.5) is 4.39 Å². The maximum Gasteiger partial charge on any atom is 0.264 e. The first-order valence-corrected chi connectivity index (χ1v) is 9.14. The van der Waals surface area contributed by atoms with Gasteiger partial charge in [-0.05, 0) is 29.7 Å². The number of thiophene rings is 1. The third-order valence-corrected chi connectivity index (χ3v) is 6.96. The molecule has 1 aromatic carbocycles. The van der Waals surface area contributed by atoms with Crippen molar-refractivity contribution in [2.24, 2.45) is 0 Å². The SMILES string of the molecule is CCS(=O)(=O)C1CN(C(=O)c2cc3cc(F)ccc3s2)C1. The van der Waals surface area contributed by atoms with Gasteiger partial charge in [0.2, 0.25) is 0 Å². The minimum atomic E-state index is -3.08. The predicted molar refractivity (Wildman–Crippen MR) is 80.9 cm³/mol. The van der Waals surface area contributed by atoms with Gasteiger partial charge in [0.15, 0.2) is 9.84 Å². The summed E-state index contributed by atoms with van der Waals surface area (Å²) in [5.41, 5.74) is 0. The van der Waals surface area contributed by atoms with E-state index in [1.807, 2.05) is 0 Å². The van der Waals surface area contributed by atoms with Gasteiger partial charge in [0.05, 0.1) is 10.1 Å². The maximum atomic E-state index is 13.1. The molecule has 2 aromatic rings. The van der Waals surface area contributed by atoms with Crippen molar-refractivity contribution in [1.82, 2.24) is 4.90 Å². The Morgan fingerprint density at radius 3 is 2.76 bits per heavy atom. The molecule has 0 aliphatic carbocycles. The summed E-state index contributed by atoms with van der Waals surface area (Å²) in [6.45, 7) is 2.11. The Hall–Kier alpha value is -1.47. The Morgan fingerprint density at radius 1 is 1.38 bits per heavy atom. The average Bonchev–Trinajstić information content (AvgIpc) is 2.79. The van der Waals surface area contributed by atoms with Gasteiger partial charge in [0, 0.05) is 23.5 Å². The second-order valence-electron chi connectivity index (χ2n) is 5.08. The van der Waals surface area contributed by atoms with E-state index in [1.165, 1.54) is 28.4 Å². The van der Waals surface area contributed by atoms with Crippen LogP contribution in [0, 0.1) is 5.82 Å². The third-order valence-electron chi connectivity index (χ3n) is 3.73. The number of amides is 1. The molecule has 0 unspecified atom stereocenters. The molecule has 1 saturated heterocycles. The number of carbonyl (C=O) groups excluding carboxylic acids is 1. The highest BCUT2D eigenvalue weighted by Gasteiger charge is 2.39. The molecule has 1 aliphatic rings. The lowest BCUT2D eigenvalue weighted by Crippen LogP contribution is -2.57. The zero-order chi connectivity index (χ0) is 15.2. The highest BCUT2D eigenvalue weighted by atomic mass is 32.2. The molecule has 1 amide bonds. The van der Waals surface area contributed by atoms with Crippen LogP contribution in [0.5, 0.6) is 0 Å². The van der Waals surface area contributed by atoms with Gasteiger partial charge in [0.1, 0.15) is 5.82 Å². The summed E-state index contributed by atoms with van der Waals surface area (Å²) in [6, 6.07) is 6.06. The van der Waals surface area contributed by atoms with Crippen LogP contribution < -0.4 is 0 Å². The Labute approximate surface area is 126 Å². The van der Waals surface area contributed by atoms with Gasteiger partial charge in [0.25, 0.3) is 5.91 Å². The predicted octanol–water partition coefficient (Wildman–Crippen LogP) is 2.30. The largest absolute Gasteiger partial charge is 0.335 e. The summed E-state index contributed by atoms with van der Waals surface area (Å²) < 4.78 is 37.4. The fourth-order valence-electron chi connectivity index (χ4n) is 2.34. The van der Waals surface area contributed by atoms with E-state index in [2.05, 4.69) is 0 Å². The molecule has 1 fully saturated rings. The first-order valence-electron chi connectivity index (χ1n) is 6.60. The van der Waals surface area contributed by atoms with Gasteiger partial charge < -0.3 is 4.90 Å². The minimum Gasteiger partial charge on any atom is -0.335 e. The van der Waals surface area contributed by atoms with Crippen molar-refractivity contribution < 1.29 is 17.6 Å². The maximum absolute atomic E-state index is 13.1. The molecule has 1 aliphatic heterocycles. The molecular formula is C14H14FNO3S2. The Balaban J connectivity index is 1.77. The third kappa shape index (κ3) is 2.55. The summed E-state index contributed by atoms with van der Waals surface area (Å²) >= 11 is 1.30. The van der Waals surface area contributed by atoms with E-state index in [0.717, 1.165) is 4.70 Å². The monoisotopic (exact) mass is 327 g/mol. The fraction of sp³-hybridized carbons (Fsp3) is 0.357. The van der Waals surface area contributed by atoms with E-state index in [9.17, 15) is 17.6 Å². The number of hydrogen-bond donors (Lipinski definition) is 0. The van der Waals surface area contributed by atoms with Crippen LogP contribution in [0.3, 0.4) is 0 Å². The summed E-state index contributed by atoms with van der Waals surface area (Å²) in [5, 5.41) is 0.250. The minimum absolute atomic E-state index is 0.0991. The zero-order valence-electron chi connectivity index (χ0n) is 11.4. The molecule has 0 spiro atoms. The fourth-order valence-corrected chi connectivity index (χ4v) is 4.64. The van der Waals surface area contributed by atoms with E-state index in [0.29, 0.717) is 10.3 Å². The van der Waals surface area contributed by atoms with Gasteiger partial charge in [-0.15, -0.1) is 11.3 Å². The normalized spacial score (nSPS) is 16.2. The molecule has 0 radical (unpaired) electrons. The van der Waals surface area contributed by atoms with E-state index >= 15 is 0 Å². The number of benzene rings is 1. The lowest BCUT2D eigenvalue weighted by molar-refractivity contribution is 0.0664. The van der Waals surface area contributed by atoms with Gasteiger partial charge >= 0.3 is 0 Å². The molecule has 0 saturated carbocycles. The van der Waals surface area contributed by atoms with Crippen LogP contribution in [-0.4, -0.2) is 43.3 Å². The molecule has 1 aromatic heterocycles. The van der Waals surface area contributed by atoms with Crippen LogP contribution in [0.1, 0.15) is 16.6 Å². The second kappa shape index (κ2) is 5.06. The molecule has 112 valence electrons. The van der Waals surface area contributed by atoms with Gasteiger partial charge in [-0.3, -0.25) is 4.79 Å². The second-order valence-corrected chi connectivity index (χ2v) is 8.73. The van der Waals surface area contributed by atoms with Crippen molar-refractivity contribution in [3.8, 4) is 0 Å². The lowest BCUT2D eigenvalue weighted by atomic mass is 10.2. The van der Waals surface area contributed by atoms with Crippen molar-refractivity contribution >= 4 is 37.2 Å². The standard InChI is InChI=1S/C14H14FNO3S2/c1-2-21(18,19)11-7-16(8-11)14(17)13-6-9-5-10(15)3-4-12(9)20-13/h3-6,11H,2,7-8H2,1H3. The number of nitrogens with zero attached hydrogens (tertiary/aromatic N) is 1. The molecule has 2 heterocycles. The lowest BCUT2D eigenvalue weighted by Gasteiger charge is -2.38. The van der Waals surface area contributed by atoms with Crippen molar-refractivity contribution in [1.29, 1.82) is 0 Å². The first-order chi connectivity index (χ1) is 9.90. The van der Waals surface area contributed by atoms with Gasteiger partial charge in [-0.1, -0.05) is 6.92 Å². The number of hydrogen-bond acceptors (Lipinski definition) is 4. The van der Waals surface area contributed by atoms with Crippen molar-refractivity contribution in [3.63, 3.8) is 0 Å². The van der Waals surface area contributed by atoms with E-state index in [1.54, 1.807) is 19.1 Å². The number of carbonyl (C=O) groups is 1. The molecule has 4 nitrogen and oxygen atoms in total. The van der Waals surface area contributed by atoms with Crippen LogP contribution in [-0.2, 0) is 9.84 Å². The Bertz CT molecular complexity index is 807. The van der Waals surface area contributed by atoms with Crippen molar-refractivity contribution in [2.45, 2.75) is 12.2 Å². The van der Waals surface area contributed by atoms with Crippen LogP contribution in [0.25, 0.3) is 10.1 Å². The summed E-state index contributed by atoms with van der Waals surface area (Å²) in [5.74, 6) is -0.418. The molecule has 0 bridgehead atoms. The summed E-state index contributed by atoms with van der Waals surface area (Å²) in [6.07, 6.45) is 0. The molecule has 0 N–H and O–H groups in total. The summed E-state index contributed by atoms with van der Waals surface area (Å²) in [4.78, 5) is 14.3. The highest BCUT2D eigenvalue weighted by molar-refractivity contribution is 7.92. The van der Waals surface area contributed by atoms with E-state index in [-0.39, 0.29) is 30.6 Å². The number of fused-ring (bicyclic) bond motifs is 1. The van der Waals surface area contributed by atoms with Crippen LogP contribution >= 0.6 is 11.3 Å². The van der Waals surface area contributed by atoms with Gasteiger partial charge in [-0.2, -0.15) is 0 Å². The van der Waals surface area contributed by atoms with Crippen molar-refractivity contribution in [3.05, 3.63) is 35.0 Å². The van der Waals surface area contributed by atoms with Crippen LogP contribution in [0.15, 0.2) is 24.3 Å². The molecule has 7 heteroatoms. The number of sulfone groups is 1. The number of rotatable bonds is 3. The smallest absolute Gasteiger partial charge is 0.264 e. The van der Waals surface area contributed by atoms with E-state index < -0.39 is 15.1 Å². The average molecular weight is 327 g/mol. The molecule has 0 atom stereocenters. The quantitative estimate of drug-likeness (QED) is 0.869. The molecular weight excluding hydrogens is 313 g/mol. The Kier molecular flexibility index (Phi) is 3.49. The number of halogens is 1. The summed E-state index contributed by atoms with van der Waals surface area (Å²) in [7, 11) is -3.08. The van der Waals surface area contributed by atoms with Crippen LogP contribution in [0.2, 0.25) is 0 Å². The van der Waals surface area contributed by atoms with Crippen molar-refractivity contribution in [2.75, 3.05) is 18.8 Å². The Morgan fingerprint density at radius 2 is 2.10 bits per heavy atom. The van der Waals surface area contributed by atoms with E-state index in [4.69, 9.17) is 0 Å². The first kappa shape index (κ1) is 14.5. The topological polar surface area (TPSA) is 54.5 Å². The highest BCUT2D eigenvalue weighted by Crippen LogP contribution is 2.29. The molecule has 21 heavy (non-hydrogen) atoms. The van der Waals surface area contributed by atoms with Gasteiger partial charge in [-0.25, -0.2) is 12.8 Å². The molecule has 3 rings (SSSR count).